The van der Waals surface area contributed by atoms with Crippen LogP contribution in [0.2, 0.25) is 0 Å². The summed E-state index contributed by atoms with van der Waals surface area (Å²) >= 11 is 0. The number of anilines is 1. The number of β-amino-alcohol motifs (C(OH)–C–C–N with tert-alkyl or cyclic N) is 1. The Morgan fingerprint density at radius 3 is 2.95 bits per heavy atom. The first-order valence-electron chi connectivity index (χ1n) is 6.94. The van der Waals surface area contributed by atoms with Gasteiger partial charge in [0.1, 0.15) is 0 Å². The van der Waals surface area contributed by atoms with Crippen LogP contribution in [0.25, 0.3) is 0 Å². The van der Waals surface area contributed by atoms with E-state index in [1.54, 1.807) is 0 Å². The Labute approximate surface area is 115 Å². The summed E-state index contributed by atoms with van der Waals surface area (Å²) in [5.41, 5.74) is 9.43. The molecule has 2 rings (SSSR count). The molecule has 1 aromatic carbocycles. The molecular weight excluding hydrogens is 240 g/mol. The third-order valence-corrected chi connectivity index (χ3v) is 3.48. The van der Waals surface area contributed by atoms with Crippen LogP contribution in [-0.2, 0) is 17.7 Å². The molecule has 0 bridgehead atoms. The second-order valence-corrected chi connectivity index (χ2v) is 5.51. The van der Waals surface area contributed by atoms with Gasteiger partial charge < -0.3 is 15.6 Å². The zero-order valence-corrected chi connectivity index (χ0v) is 11.8. The second-order valence-electron chi connectivity index (χ2n) is 5.51. The third-order valence-electron chi connectivity index (χ3n) is 3.48. The number of fused-ring (bicyclic) bond motifs is 1. The molecule has 1 aliphatic heterocycles. The van der Waals surface area contributed by atoms with Crippen LogP contribution in [0.15, 0.2) is 18.2 Å². The Morgan fingerprint density at radius 1 is 1.42 bits per heavy atom. The first-order chi connectivity index (χ1) is 9.06. The van der Waals surface area contributed by atoms with E-state index < -0.39 is 6.10 Å². The summed E-state index contributed by atoms with van der Waals surface area (Å²) in [5, 5.41) is 9.97. The van der Waals surface area contributed by atoms with Crippen LogP contribution >= 0.6 is 0 Å². The maximum atomic E-state index is 9.97. The van der Waals surface area contributed by atoms with E-state index in [-0.39, 0.29) is 6.10 Å². The van der Waals surface area contributed by atoms with Crippen molar-refractivity contribution in [2.24, 2.45) is 0 Å². The summed E-state index contributed by atoms with van der Waals surface area (Å²) in [6.07, 6.45) is 0.722. The van der Waals surface area contributed by atoms with Gasteiger partial charge >= 0.3 is 0 Å². The Bertz CT molecular complexity index is 421. The molecule has 1 aromatic rings. The van der Waals surface area contributed by atoms with Gasteiger partial charge in [-0.25, -0.2) is 0 Å². The minimum absolute atomic E-state index is 0.160. The smallest absolute Gasteiger partial charge is 0.0900 e. The molecule has 0 saturated heterocycles. The number of hydrogen-bond acceptors (Lipinski definition) is 4. The lowest BCUT2D eigenvalue weighted by Gasteiger charge is -2.31. The molecule has 0 aromatic heterocycles. The van der Waals surface area contributed by atoms with Crippen molar-refractivity contribution in [1.82, 2.24) is 4.90 Å². The molecule has 0 aliphatic carbocycles. The zero-order valence-electron chi connectivity index (χ0n) is 11.8. The van der Waals surface area contributed by atoms with E-state index in [4.69, 9.17) is 10.5 Å². The zero-order chi connectivity index (χ0) is 13.8. The molecule has 106 valence electrons. The fraction of sp³-hybridized carbons (Fsp3) is 0.600. The molecule has 1 atom stereocenters. The fourth-order valence-corrected chi connectivity index (χ4v) is 2.47. The Hall–Kier alpha value is -1.10. The minimum Gasteiger partial charge on any atom is -0.398 e. The van der Waals surface area contributed by atoms with Crippen molar-refractivity contribution >= 4 is 5.69 Å². The fourth-order valence-electron chi connectivity index (χ4n) is 2.47. The molecule has 4 nitrogen and oxygen atoms in total. The normalized spacial score (nSPS) is 17.5. The monoisotopic (exact) mass is 264 g/mol. The number of aliphatic hydroxyl groups excluding tert-OH is 1. The Kier molecular flexibility index (Phi) is 4.80. The minimum atomic E-state index is -0.436. The summed E-state index contributed by atoms with van der Waals surface area (Å²) in [5.74, 6) is 0. The van der Waals surface area contributed by atoms with E-state index in [9.17, 15) is 5.11 Å². The van der Waals surface area contributed by atoms with Crippen LogP contribution in [-0.4, -0.2) is 41.9 Å². The molecule has 0 radical (unpaired) electrons. The maximum absolute atomic E-state index is 9.97. The number of rotatable bonds is 5. The van der Waals surface area contributed by atoms with Crippen LogP contribution in [0.3, 0.4) is 0 Å². The van der Waals surface area contributed by atoms with Gasteiger partial charge in [-0.1, -0.05) is 12.1 Å². The van der Waals surface area contributed by atoms with Gasteiger partial charge in [0, 0.05) is 25.3 Å². The molecule has 0 amide bonds. The van der Waals surface area contributed by atoms with Crippen LogP contribution in [0, 0.1) is 0 Å². The highest BCUT2D eigenvalue weighted by Gasteiger charge is 2.20. The van der Waals surface area contributed by atoms with Crippen LogP contribution in [0.1, 0.15) is 25.0 Å². The van der Waals surface area contributed by atoms with E-state index in [0.29, 0.717) is 13.2 Å². The van der Waals surface area contributed by atoms with Gasteiger partial charge in [-0.2, -0.15) is 0 Å². The van der Waals surface area contributed by atoms with Gasteiger partial charge in [-0.3, -0.25) is 4.90 Å². The number of aliphatic hydroxyl groups is 1. The summed E-state index contributed by atoms with van der Waals surface area (Å²) in [6, 6.07) is 6.09. The number of nitrogens with two attached hydrogens (primary N) is 1. The average molecular weight is 264 g/mol. The highest BCUT2D eigenvalue weighted by atomic mass is 16.5. The van der Waals surface area contributed by atoms with Gasteiger partial charge in [-0.15, -0.1) is 0 Å². The molecule has 3 N–H and O–H groups in total. The van der Waals surface area contributed by atoms with Gasteiger partial charge in [0.2, 0.25) is 0 Å². The topological polar surface area (TPSA) is 58.7 Å². The van der Waals surface area contributed by atoms with Gasteiger partial charge in [0.25, 0.3) is 0 Å². The van der Waals surface area contributed by atoms with Crippen LogP contribution in [0.5, 0.6) is 0 Å². The third kappa shape index (κ3) is 3.93. The lowest BCUT2D eigenvalue weighted by molar-refractivity contribution is -0.0101. The van der Waals surface area contributed by atoms with E-state index in [0.717, 1.165) is 25.2 Å². The molecular formula is C15H24N2O2. The highest BCUT2D eigenvalue weighted by Crippen LogP contribution is 2.24. The van der Waals surface area contributed by atoms with E-state index in [1.165, 1.54) is 11.1 Å². The van der Waals surface area contributed by atoms with Crippen LogP contribution in [0.4, 0.5) is 5.69 Å². The van der Waals surface area contributed by atoms with Crippen LogP contribution < -0.4 is 5.73 Å². The van der Waals surface area contributed by atoms with Crippen molar-refractivity contribution in [3.8, 4) is 0 Å². The number of nitrogen functional groups attached to an aromatic ring is 1. The van der Waals surface area contributed by atoms with Crippen molar-refractivity contribution in [3.05, 3.63) is 29.3 Å². The first kappa shape index (κ1) is 14.3. The molecule has 19 heavy (non-hydrogen) atoms. The first-order valence-corrected chi connectivity index (χ1v) is 6.94. The van der Waals surface area contributed by atoms with E-state index in [1.807, 2.05) is 26.0 Å². The largest absolute Gasteiger partial charge is 0.398 e. The van der Waals surface area contributed by atoms with Gasteiger partial charge in [-0.05, 0) is 37.5 Å². The summed E-state index contributed by atoms with van der Waals surface area (Å²) in [7, 11) is 0. The van der Waals surface area contributed by atoms with Crippen molar-refractivity contribution in [3.63, 3.8) is 0 Å². The van der Waals surface area contributed by atoms with Crippen molar-refractivity contribution in [2.45, 2.75) is 39.0 Å². The molecule has 0 saturated carbocycles. The Morgan fingerprint density at radius 2 is 2.21 bits per heavy atom. The predicted molar refractivity (Wildman–Crippen MR) is 76.9 cm³/mol. The number of nitrogens with zero attached hydrogens (tertiary/aromatic N) is 1. The standard InChI is InChI=1S/C15H24N2O2/c1-11(2)19-10-13(18)8-17-7-6-12-4-3-5-15(16)14(12)9-17/h3-5,11,13,18H,6-10,16H2,1-2H3. The van der Waals surface area contributed by atoms with Crippen molar-refractivity contribution < 1.29 is 9.84 Å². The maximum Gasteiger partial charge on any atom is 0.0900 e. The molecule has 1 heterocycles. The second kappa shape index (κ2) is 6.37. The molecule has 0 spiro atoms. The van der Waals surface area contributed by atoms with Crippen molar-refractivity contribution in [1.29, 1.82) is 0 Å². The number of benzene rings is 1. The lowest BCUT2D eigenvalue weighted by atomic mass is 9.98. The Balaban J connectivity index is 1.89. The molecule has 4 heteroatoms. The van der Waals surface area contributed by atoms with E-state index in [2.05, 4.69) is 11.0 Å². The molecule has 0 fully saturated rings. The summed E-state index contributed by atoms with van der Waals surface area (Å²) < 4.78 is 5.44. The van der Waals surface area contributed by atoms with Crippen molar-refractivity contribution in [2.75, 3.05) is 25.4 Å². The predicted octanol–water partition coefficient (Wildman–Crippen LogP) is 1.41. The summed E-state index contributed by atoms with van der Waals surface area (Å²) in [4.78, 5) is 2.24. The average Bonchev–Trinajstić information content (AvgIpc) is 2.37. The highest BCUT2D eigenvalue weighted by molar-refractivity contribution is 5.51. The van der Waals surface area contributed by atoms with Gasteiger partial charge in [0.05, 0.1) is 18.8 Å². The lowest BCUT2D eigenvalue weighted by Crippen LogP contribution is -2.38. The SMILES string of the molecule is CC(C)OCC(O)CN1CCc2cccc(N)c2C1. The molecule has 1 aliphatic rings. The van der Waals surface area contributed by atoms with Gasteiger partial charge in [0.15, 0.2) is 0 Å². The molecule has 1 unspecified atom stereocenters. The number of hydrogen-bond donors (Lipinski definition) is 2. The van der Waals surface area contributed by atoms with E-state index >= 15 is 0 Å². The summed E-state index contributed by atoms with van der Waals surface area (Å²) in [6.45, 7) is 6.77. The number of ether oxygens (including phenoxy) is 1. The quantitative estimate of drug-likeness (QED) is 0.790.